The molecule has 0 spiro atoms. The van der Waals surface area contributed by atoms with Crippen molar-refractivity contribution in [3.8, 4) is 0 Å². The second kappa shape index (κ2) is 6.77. The third-order valence-electron chi connectivity index (χ3n) is 5.24. The molecular weight excluding hydrogens is 295 g/mol. The van der Waals surface area contributed by atoms with E-state index in [4.69, 9.17) is 0 Å². The number of benzene rings is 1. The van der Waals surface area contributed by atoms with E-state index in [1.54, 1.807) is 11.0 Å². The first-order valence-corrected chi connectivity index (χ1v) is 8.57. The molecule has 1 N–H and O–H groups in total. The minimum atomic E-state index is -0.812. The number of nitrogens with zero attached hydrogens (tertiary/aromatic N) is 2. The lowest BCUT2D eigenvalue weighted by atomic mass is 9.84. The van der Waals surface area contributed by atoms with Crippen molar-refractivity contribution in [2.75, 3.05) is 24.5 Å². The van der Waals surface area contributed by atoms with Crippen LogP contribution in [-0.2, 0) is 0 Å². The van der Waals surface area contributed by atoms with Gasteiger partial charge in [0, 0.05) is 25.7 Å². The Kier molecular flexibility index (Phi) is 4.74. The number of carbonyl (C=O) groups is 1. The highest BCUT2D eigenvalue weighted by Crippen LogP contribution is 2.32. The fourth-order valence-corrected chi connectivity index (χ4v) is 4.10. The maximum Gasteiger partial charge on any atom is 0.407 e. The summed E-state index contributed by atoms with van der Waals surface area (Å²) in [5.41, 5.74) is 1.57. The SMILES string of the molecule is Cc1ccc(N2CCCC(C3CCCCN3C(=O)O)C2)c(F)c1. The van der Waals surface area contributed by atoms with Crippen LogP contribution in [0.25, 0.3) is 0 Å². The molecule has 1 amide bonds. The molecule has 1 aromatic carbocycles. The van der Waals surface area contributed by atoms with E-state index >= 15 is 0 Å². The summed E-state index contributed by atoms with van der Waals surface area (Å²) in [5, 5.41) is 9.45. The van der Waals surface area contributed by atoms with Crippen molar-refractivity contribution < 1.29 is 14.3 Å². The molecule has 126 valence electrons. The number of carboxylic acid groups (broad SMARTS) is 1. The molecule has 0 aromatic heterocycles. The van der Waals surface area contributed by atoms with Crippen molar-refractivity contribution in [3.63, 3.8) is 0 Å². The van der Waals surface area contributed by atoms with Crippen LogP contribution < -0.4 is 4.90 Å². The fourth-order valence-electron chi connectivity index (χ4n) is 4.10. The third kappa shape index (κ3) is 3.43. The first-order chi connectivity index (χ1) is 11.1. The second-order valence-corrected chi connectivity index (χ2v) is 6.84. The van der Waals surface area contributed by atoms with Crippen molar-refractivity contribution in [2.24, 2.45) is 5.92 Å². The molecule has 2 atom stereocenters. The molecule has 0 saturated carbocycles. The summed E-state index contributed by atoms with van der Waals surface area (Å²) in [6.07, 6.45) is 4.17. The van der Waals surface area contributed by atoms with Gasteiger partial charge < -0.3 is 14.9 Å². The number of rotatable bonds is 2. The molecule has 0 bridgehead atoms. The second-order valence-electron chi connectivity index (χ2n) is 6.84. The standard InChI is InChI=1S/C18H25FN2O2/c1-13-7-8-17(15(19)11-13)20-9-4-5-14(12-20)16-6-2-3-10-21(16)18(22)23/h7-8,11,14,16H,2-6,9-10,12H2,1H3,(H,22,23). The number of aryl methyl sites for hydroxylation is 1. The molecule has 0 aliphatic carbocycles. The van der Waals surface area contributed by atoms with E-state index in [0.29, 0.717) is 18.2 Å². The van der Waals surface area contributed by atoms with Gasteiger partial charge in [-0.3, -0.25) is 0 Å². The normalized spacial score (nSPS) is 25.5. The van der Waals surface area contributed by atoms with Crippen LogP contribution in [0.1, 0.15) is 37.7 Å². The van der Waals surface area contributed by atoms with Crippen LogP contribution in [0.3, 0.4) is 0 Å². The zero-order valence-electron chi connectivity index (χ0n) is 13.7. The van der Waals surface area contributed by atoms with Gasteiger partial charge in [-0.2, -0.15) is 0 Å². The van der Waals surface area contributed by atoms with E-state index < -0.39 is 6.09 Å². The number of halogens is 1. The first kappa shape index (κ1) is 16.1. The zero-order chi connectivity index (χ0) is 16.4. The quantitative estimate of drug-likeness (QED) is 0.899. The molecular formula is C18H25FN2O2. The molecule has 2 unspecified atom stereocenters. The largest absolute Gasteiger partial charge is 0.465 e. The summed E-state index contributed by atoms with van der Waals surface area (Å²) in [5.74, 6) is 0.116. The number of hydrogen-bond acceptors (Lipinski definition) is 2. The van der Waals surface area contributed by atoms with Gasteiger partial charge in [-0.25, -0.2) is 9.18 Å². The average Bonchev–Trinajstić information content (AvgIpc) is 2.55. The van der Waals surface area contributed by atoms with E-state index in [9.17, 15) is 14.3 Å². The predicted octanol–water partition coefficient (Wildman–Crippen LogP) is 3.88. The maximum absolute atomic E-state index is 14.3. The number of likely N-dealkylation sites (tertiary alicyclic amines) is 1. The molecule has 2 aliphatic rings. The summed E-state index contributed by atoms with van der Waals surface area (Å²) < 4.78 is 14.3. The van der Waals surface area contributed by atoms with Gasteiger partial charge in [-0.05, 0) is 62.6 Å². The number of hydrogen-bond donors (Lipinski definition) is 1. The number of piperidine rings is 2. The Bertz CT molecular complexity index is 578. The van der Waals surface area contributed by atoms with E-state index in [0.717, 1.165) is 50.8 Å². The summed E-state index contributed by atoms with van der Waals surface area (Å²) in [6, 6.07) is 5.44. The van der Waals surface area contributed by atoms with Crippen LogP contribution in [-0.4, -0.2) is 41.8 Å². The molecule has 2 aliphatic heterocycles. The van der Waals surface area contributed by atoms with E-state index in [1.807, 2.05) is 19.1 Å². The highest BCUT2D eigenvalue weighted by molar-refractivity contribution is 5.65. The van der Waals surface area contributed by atoms with Gasteiger partial charge in [0.05, 0.1) is 5.69 Å². The monoisotopic (exact) mass is 320 g/mol. The van der Waals surface area contributed by atoms with E-state index in [1.165, 1.54) is 0 Å². The van der Waals surface area contributed by atoms with Gasteiger partial charge in [-0.1, -0.05) is 6.07 Å². The van der Waals surface area contributed by atoms with Crippen molar-refractivity contribution in [2.45, 2.75) is 45.1 Å². The Morgan fingerprint density at radius 2 is 2.04 bits per heavy atom. The molecule has 2 fully saturated rings. The Hall–Kier alpha value is -1.78. The summed E-state index contributed by atoms with van der Waals surface area (Å²) in [7, 11) is 0. The van der Waals surface area contributed by atoms with Crippen LogP contribution in [0.2, 0.25) is 0 Å². The highest BCUT2D eigenvalue weighted by atomic mass is 19.1. The van der Waals surface area contributed by atoms with Gasteiger partial charge in [0.25, 0.3) is 0 Å². The number of amides is 1. The minimum Gasteiger partial charge on any atom is -0.465 e. The topological polar surface area (TPSA) is 43.8 Å². The Morgan fingerprint density at radius 1 is 1.22 bits per heavy atom. The van der Waals surface area contributed by atoms with Crippen molar-refractivity contribution >= 4 is 11.8 Å². The van der Waals surface area contributed by atoms with Gasteiger partial charge in [0.1, 0.15) is 5.82 Å². The minimum absolute atomic E-state index is 0.0811. The van der Waals surface area contributed by atoms with Gasteiger partial charge in [0.15, 0.2) is 0 Å². The van der Waals surface area contributed by atoms with Gasteiger partial charge in [0.2, 0.25) is 0 Å². The Morgan fingerprint density at radius 3 is 2.78 bits per heavy atom. The molecule has 2 heterocycles. The van der Waals surface area contributed by atoms with E-state index in [2.05, 4.69) is 4.90 Å². The number of anilines is 1. The fraction of sp³-hybridized carbons (Fsp3) is 0.611. The first-order valence-electron chi connectivity index (χ1n) is 8.57. The van der Waals surface area contributed by atoms with Crippen molar-refractivity contribution in [1.29, 1.82) is 0 Å². The Labute approximate surface area is 136 Å². The summed E-state index contributed by atoms with van der Waals surface area (Å²) in [4.78, 5) is 15.2. The smallest absolute Gasteiger partial charge is 0.407 e. The summed E-state index contributed by atoms with van der Waals surface area (Å²) >= 11 is 0. The van der Waals surface area contributed by atoms with Crippen molar-refractivity contribution in [1.82, 2.24) is 4.90 Å². The Balaban J connectivity index is 1.76. The van der Waals surface area contributed by atoms with Crippen LogP contribution in [0, 0.1) is 18.7 Å². The zero-order valence-corrected chi connectivity index (χ0v) is 13.7. The third-order valence-corrected chi connectivity index (χ3v) is 5.24. The molecule has 0 radical (unpaired) electrons. The molecule has 2 saturated heterocycles. The maximum atomic E-state index is 14.3. The lowest BCUT2D eigenvalue weighted by molar-refractivity contribution is 0.0779. The lowest BCUT2D eigenvalue weighted by Gasteiger charge is -2.43. The molecule has 3 rings (SSSR count). The van der Waals surface area contributed by atoms with Gasteiger partial charge >= 0.3 is 6.09 Å². The van der Waals surface area contributed by atoms with Crippen molar-refractivity contribution in [3.05, 3.63) is 29.6 Å². The molecule has 1 aromatic rings. The summed E-state index contributed by atoms with van der Waals surface area (Å²) in [6.45, 7) is 4.11. The predicted molar refractivity (Wildman–Crippen MR) is 88.4 cm³/mol. The highest BCUT2D eigenvalue weighted by Gasteiger charge is 2.35. The molecule has 4 nitrogen and oxygen atoms in total. The van der Waals surface area contributed by atoms with Gasteiger partial charge in [-0.15, -0.1) is 0 Å². The van der Waals surface area contributed by atoms with Crippen LogP contribution in [0.4, 0.5) is 14.9 Å². The lowest BCUT2D eigenvalue weighted by Crippen LogP contribution is -2.51. The van der Waals surface area contributed by atoms with Crippen LogP contribution >= 0.6 is 0 Å². The van der Waals surface area contributed by atoms with E-state index in [-0.39, 0.29) is 11.9 Å². The average molecular weight is 320 g/mol. The van der Waals surface area contributed by atoms with Crippen LogP contribution in [0.15, 0.2) is 18.2 Å². The molecule has 23 heavy (non-hydrogen) atoms. The molecule has 5 heteroatoms. The van der Waals surface area contributed by atoms with Crippen LogP contribution in [0.5, 0.6) is 0 Å².